The second-order valence-electron chi connectivity index (χ2n) is 3.07. The molecule has 0 aliphatic carbocycles. The highest BCUT2D eigenvalue weighted by Crippen LogP contribution is 2.24. The van der Waals surface area contributed by atoms with Crippen molar-refractivity contribution in [1.82, 2.24) is 9.78 Å². The van der Waals surface area contributed by atoms with Gasteiger partial charge in [-0.25, -0.2) is 0 Å². The molecule has 2 aromatic heterocycles. The lowest BCUT2D eigenvalue weighted by atomic mass is 9.98. The monoisotopic (exact) mass is 203 g/mol. The lowest BCUT2D eigenvalue weighted by Gasteiger charge is -2.02. The van der Waals surface area contributed by atoms with E-state index in [1.807, 2.05) is 30.1 Å². The molecule has 2 aromatic rings. The van der Waals surface area contributed by atoms with E-state index in [1.165, 1.54) is 0 Å². The summed E-state index contributed by atoms with van der Waals surface area (Å²) in [6, 6.07) is 4.27. The molecule has 0 radical (unpaired) electrons. The Morgan fingerprint density at radius 1 is 1.57 bits per heavy atom. The van der Waals surface area contributed by atoms with Crippen LogP contribution < -0.4 is 0 Å². The molecule has 0 aliphatic heterocycles. The van der Waals surface area contributed by atoms with Crippen molar-refractivity contribution in [1.29, 1.82) is 5.26 Å². The standard InChI is InChI=1S/C10H9N3S/c1-13-6-9(5-12-13)10(4-11)8-2-3-14-7-8/h2-3,5-7,10H,1H3. The van der Waals surface area contributed by atoms with Gasteiger partial charge in [-0.2, -0.15) is 21.7 Å². The van der Waals surface area contributed by atoms with Crippen molar-refractivity contribution in [2.75, 3.05) is 0 Å². The van der Waals surface area contributed by atoms with Crippen LogP contribution in [0, 0.1) is 11.3 Å². The molecular weight excluding hydrogens is 194 g/mol. The summed E-state index contributed by atoms with van der Waals surface area (Å²) in [5, 5.41) is 17.1. The predicted octanol–water partition coefficient (Wildman–Crippen LogP) is 2.14. The van der Waals surface area contributed by atoms with E-state index in [2.05, 4.69) is 11.2 Å². The van der Waals surface area contributed by atoms with E-state index < -0.39 is 0 Å². The largest absolute Gasteiger partial charge is 0.275 e. The van der Waals surface area contributed by atoms with Crippen molar-refractivity contribution < 1.29 is 0 Å². The Hall–Kier alpha value is -1.60. The van der Waals surface area contributed by atoms with Gasteiger partial charge >= 0.3 is 0 Å². The van der Waals surface area contributed by atoms with Crippen LogP contribution in [0.5, 0.6) is 0 Å². The zero-order valence-electron chi connectivity index (χ0n) is 7.71. The molecule has 3 nitrogen and oxygen atoms in total. The number of hydrogen-bond donors (Lipinski definition) is 0. The Morgan fingerprint density at radius 3 is 2.93 bits per heavy atom. The quantitative estimate of drug-likeness (QED) is 0.750. The molecule has 0 saturated carbocycles. The molecule has 1 atom stereocenters. The summed E-state index contributed by atoms with van der Waals surface area (Å²) < 4.78 is 1.71. The Morgan fingerprint density at radius 2 is 2.43 bits per heavy atom. The average Bonchev–Trinajstić information content (AvgIpc) is 2.79. The first-order chi connectivity index (χ1) is 6.81. The number of aromatic nitrogens is 2. The van der Waals surface area contributed by atoms with E-state index in [0.717, 1.165) is 11.1 Å². The Labute approximate surface area is 86.2 Å². The van der Waals surface area contributed by atoms with Crippen LogP contribution in [0.1, 0.15) is 17.0 Å². The average molecular weight is 203 g/mol. The molecule has 0 amide bonds. The molecular formula is C10H9N3S. The van der Waals surface area contributed by atoms with E-state index in [1.54, 1.807) is 22.2 Å². The van der Waals surface area contributed by atoms with E-state index in [9.17, 15) is 0 Å². The van der Waals surface area contributed by atoms with Gasteiger partial charge in [0, 0.05) is 18.8 Å². The zero-order chi connectivity index (χ0) is 9.97. The third kappa shape index (κ3) is 1.54. The minimum atomic E-state index is -0.185. The first-order valence-corrected chi connectivity index (χ1v) is 5.16. The van der Waals surface area contributed by atoms with Crippen LogP contribution in [0.15, 0.2) is 29.2 Å². The minimum absolute atomic E-state index is 0.185. The SMILES string of the molecule is Cn1cc(C(C#N)c2ccsc2)cn1. The molecule has 0 N–H and O–H groups in total. The molecule has 0 saturated heterocycles. The van der Waals surface area contributed by atoms with Gasteiger partial charge in [-0.15, -0.1) is 0 Å². The molecule has 2 rings (SSSR count). The molecule has 0 bridgehead atoms. The van der Waals surface area contributed by atoms with Gasteiger partial charge in [0.2, 0.25) is 0 Å². The number of thiophene rings is 1. The highest BCUT2D eigenvalue weighted by Gasteiger charge is 2.14. The fraction of sp³-hybridized carbons (Fsp3) is 0.200. The molecule has 14 heavy (non-hydrogen) atoms. The van der Waals surface area contributed by atoms with Crippen LogP contribution in [0.4, 0.5) is 0 Å². The summed E-state index contributed by atoms with van der Waals surface area (Å²) >= 11 is 1.61. The van der Waals surface area contributed by atoms with Crippen molar-refractivity contribution in [3.8, 4) is 6.07 Å². The summed E-state index contributed by atoms with van der Waals surface area (Å²) in [5.41, 5.74) is 2.00. The number of hydrogen-bond acceptors (Lipinski definition) is 3. The molecule has 2 heterocycles. The van der Waals surface area contributed by atoms with Gasteiger partial charge < -0.3 is 0 Å². The smallest absolute Gasteiger partial charge is 0.100 e. The van der Waals surface area contributed by atoms with Crippen LogP contribution in [0.25, 0.3) is 0 Å². The first-order valence-electron chi connectivity index (χ1n) is 4.21. The third-order valence-corrected chi connectivity index (χ3v) is 2.77. The van der Waals surface area contributed by atoms with Crippen LogP contribution in [0.2, 0.25) is 0 Å². The summed E-state index contributed by atoms with van der Waals surface area (Å²) in [6.45, 7) is 0. The van der Waals surface area contributed by atoms with Crippen molar-refractivity contribution in [2.45, 2.75) is 5.92 Å². The third-order valence-electron chi connectivity index (χ3n) is 2.06. The number of nitriles is 1. The highest BCUT2D eigenvalue weighted by molar-refractivity contribution is 7.08. The maximum absolute atomic E-state index is 9.08. The van der Waals surface area contributed by atoms with Crippen LogP contribution in [-0.4, -0.2) is 9.78 Å². The van der Waals surface area contributed by atoms with Crippen molar-refractivity contribution in [3.05, 3.63) is 40.3 Å². The molecule has 0 aromatic carbocycles. The van der Waals surface area contributed by atoms with E-state index in [-0.39, 0.29) is 5.92 Å². The molecule has 4 heteroatoms. The van der Waals surface area contributed by atoms with Gasteiger partial charge in [-0.05, 0) is 22.4 Å². The normalized spacial score (nSPS) is 12.3. The summed E-state index contributed by atoms with van der Waals surface area (Å²) in [5.74, 6) is -0.185. The van der Waals surface area contributed by atoms with E-state index in [4.69, 9.17) is 5.26 Å². The highest BCUT2D eigenvalue weighted by atomic mass is 32.1. The maximum atomic E-state index is 9.08. The molecule has 70 valence electrons. The van der Waals surface area contributed by atoms with Gasteiger partial charge in [0.05, 0.1) is 12.3 Å². The Kier molecular flexibility index (Phi) is 2.33. The Bertz CT molecular complexity index is 450. The van der Waals surface area contributed by atoms with Crippen LogP contribution in [0.3, 0.4) is 0 Å². The number of rotatable bonds is 2. The Balaban J connectivity index is 2.37. The fourth-order valence-corrected chi connectivity index (χ4v) is 2.06. The molecule has 0 aliphatic rings. The topological polar surface area (TPSA) is 41.6 Å². The molecule has 0 spiro atoms. The first kappa shape index (κ1) is 8.97. The fourth-order valence-electron chi connectivity index (χ4n) is 1.37. The second-order valence-corrected chi connectivity index (χ2v) is 3.85. The lowest BCUT2D eigenvalue weighted by Crippen LogP contribution is -1.94. The maximum Gasteiger partial charge on any atom is 0.100 e. The van der Waals surface area contributed by atoms with Crippen molar-refractivity contribution in [3.63, 3.8) is 0 Å². The van der Waals surface area contributed by atoms with Gasteiger partial charge in [0.15, 0.2) is 0 Å². The van der Waals surface area contributed by atoms with Crippen LogP contribution >= 0.6 is 11.3 Å². The molecule has 0 fully saturated rings. The van der Waals surface area contributed by atoms with Gasteiger partial charge in [-0.1, -0.05) is 0 Å². The lowest BCUT2D eigenvalue weighted by molar-refractivity contribution is 0.766. The van der Waals surface area contributed by atoms with Crippen molar-refractivity contribution >= 4 is 11.3 Å². The van der Waals surface area contributed by atoms with Crippen LogP contribution in [-0.2, 0) is 7.05 Å². The number of nitrogens with zero attached hydrogens (tertiary/aromatic N) is 3. The number of aryl methyl sites for hydroxylation is 1. The zero-order valence-corrected chi connectivity index (χ0v) is 8.53. The predicted molar refractivity (Wildman–Crippen MR) is 55.0 cm³/mol. The van der Waals surface area contributed by atoms with Gasteiger partial charge in [0.25, 0.3) is 0 Å². The summed E-state index contributed by atoms with van der Waals surface area (Å²) in [4.78, 5) is 0. The van der Waals surface area contributed by atoms with Gasteiger partial charge in [0.1, 0.15) is 5.92 Å². The second kappa shape index (κ2) is 3.64. The minimum Gasteiger partial charge on any atom is -0.275 e. The van der Waals surface area contributed by atoms with Crippen molar-refractivity contribution in [2.24, 2.45) is 7.05 Å². The summed E-state index contributed by atoms with van der Waals surface area (Å²) in [6.07, 6.45) is 3.62. The molecule has 1 unspecified atom stereocenters. The van der Waals surface area contributed by atoms with E-state index >= 15 is 0 Å². The summed E-state index contributed by atoms with van der Waals surface area (Å²) in [7, 11) is 1.85. The van der Waals surface area contributed by atoms with E-state index in [0.29, 0.717) is 0 Å². The van der Waals surface area contributed by atoms with Gasteiger partial charge in [-0.3, -0.25) is 4.68 Å².